The number of hydrogen-bond donors (Lipinski definition) is 3. The molecule has 1 atom stereocenters. The molecule has 0 fully saturated rings. The third-order valence-corrected chi connectivity index (χ3v) is 6.50. The van der Waals surface area contributed by atoms with Gasteiger partial charge in [-0.1, -0.05) is 45.7 Å². The van der Waals surface area contributed by atoms with Gasteiger partial charge in [0.2, 0.25) is 5.91 Å². The van der Waals surface area contributed by atoms with Crippen LogP contribution in [0.2, 0.25) is 0 Å². The summed E-state index contributed by atoms with van der Waals surface area (Å²) in [7, 11) is -3.62. The highest BCUT2D eigenvalue weighted by atomic mass is 32.2. The molecule has 1 heterocycles. The SMILES string of the molecule is CCCCC(N=C1NS(=O)(=O)c2ccccc21)C(=O)NCC(N)(CC)CC. The van der Waals surface area contributed by atoms with Crippen molar-refractivity contribution in [1.29, 1.82) is 0 Å². The molecule has 0 saturated heterocycles. The van der Waals surface area contributed by atoms with Crippen molar-refractivity contribution < 1.29 is 13.2 Å². The van der Waals surface area contributed by atoms with Crippen LogP contribution >= 0.6 is 0 Å². The van der Waals surface area contributed by atoms with E-state index in [1.54, 1.807) is 18.2 Å². The molecule has 1 unspecified atom stereocenters. The average Bonchev–Trinajstić information content (AvgIpc) is 2.93. The largest absolute Gasteiger partial charge is 0.352 e. The predicted molar refractivity (Wildman–Crippen MR) is 107 cm³/mol. The van der Waals surface area contributed by atoms with Crippen LogP contribution in [0.5, 0.6) is 0 Å². The molecular formula is C19H30N4O3S. The number of hydrogen-bond acceptors (Lipinski definition) is 5. The highest BCUT2D eigenvalue weighted by Gasteiger charge is 2.32. The van der Waals surface area contributed by atoms with Crippen molar-refractivity contribution in [3.8, 4) is 0 Å². The molecule has 0 radical (unpaired) electrons. The number of sulfonamides is 1. The maximum atomic E-state index is 12.7. The molecular weight excluding hydrogens is 364 g/mol. The Morgan fingerprint density at radius 3 is 2.56 bits per heavy atom. The lowest BCUT2D eigenvalue weighted by Crippen LogP contribution is -2.51. The number of unbranched alkanes of at least 4 members (excludes halogenated alkanes) is 1. The summed E-state index contributed by atoms with van der Waals surface area (Å²) in [6, 6.07) is 5.99. The second kappa shape index (κ2) is 8.84. The van der Waals surface area contributed by atoms with Gasteiger partial charge in [0, 0.05) is 17.6 Å². The molecule has 1 aliphatic heterocycles. The van der Waals surface area contributed by atoms with Gasteiger partial charge in [-0.15, -0.1) is 0 Å². The Morgan fingerprint density at radius 1 is 1.26 bits per heavy atom. The summed E-state index contributed by atoms with van der Waals surface area (Å²) in [5, 5.41) is 2.90. The van der Waals surface area contributed by atoms with Crippen molar-refractivity contribution in [2.45, 2.75) is 69.4 Å². The second-order valence-electron chi connectivity index (χ2n) is 7.02. The van der Waals surface area contributed by atoms with Gasteiger partial charge >= 0.3 is 0 Å². The fraction of sp³-hybridized carbons (Fsp3) is 0.579. The number of rotatable bonds is 9. The van der Waals surface area contributed by atoms with Crippen LogP contribution in [-0.4, -0.2) is 38.3 Å². The van der Waals surface area contributed by atoms with E-state index in [0.29, 0.717) is 18.5 Å². The van der Waals surface area contributed by atoms with E-state index in [1.807, 2.05) is 20.8 Å². The fourth-order valence-corrected chi connectivity index (χ4v) is 4.16. The van der Waals surface area contributed by atoms with Crippen LogP contribution in [0.4, 0.5) is 0 Å². The van der Waals surface area contributed by atoms with Crippen molar-refractivity contribution in [3.05, 3.63) is 29.8 Å². The number of carbonyl (C=O) groups excluding carboxylic acids is 1. The maximum absolute atomic E-state index is 12.7. The molecule has 0 aliphatic carbocycles. The third-order valence-electron chi connectivity index (χ3n) is 5.10. The molecule has 1 aliphatic rings. The fourth-order valence-electron chi connectivity index (χ4n) is 2.92. The van der Waals surface area contributed by atoms with Crippen molar-refractivity contribution in [3.63, 3.8) is 0 Å². The van der Waals surface area contributed by atoms with E-state index < -0.39 is 21.6 Å². The smallest absolute Gasteiger partial charge is 0.263 e. The Labute approximate surface area is 161 Å². The predicted octanol–water partition coefficient (Wildman–Crippen LogP) is 1.92. The zero-order valence-electron chi connectivity index (χ0n) is 16.3. The molecule has 1 aromatic carbocycles. The highest BCUT2D eigenvalue weighted by Crippen LogP contribution is 2.23. The number of fused-ring (bicyclic) bond motifs is 1. The number of amidine groups is 1. The standard InChI is InChI=1S/C19H30N4O3S/c1-4-7-11-15(18(24)21-13-19(20,5-2)6-3)22-17-14-10-8-9-12-16(14)27(25,26)23-17/h8-10,12,15H,4-7,11,13,20H2,1-3H3,(H,21,24)(H,22,23). The minimum Gasteiger partial charge on any atom is -0.352 e. The molecule has 0 spiro atoms. The summed E-state index contributed by atoms with van der Waals surface area (Å²) in [4.78, 5) is 17.4. The number of nitrogens with zero attached hydrogens (tertiary/aromatic N) is 1. The molecule has 27 heavy (non-hydrogen) atoms. The maximum Gasteiger partial charge on any atom is 0.263 e. The molecule has 4 N–H and O–H groups in total. The topological polar surface area (TPSA) is 114 Å². The number of carbonyl (C=O) groups is 1. The number of aliphatic imine (C=N–C) groups is 1. The molecule has 2 rings (SSSR count). The number of amides is 1. The first kappa shape index (κ1) is 21.4. The Kier molecular flexibility index (Phi) is 7.00. The average molecular weight is 395 g/mol. The summed E-state index contributed by atoms with van der Waals surface area (Å²) in [6.07, 6.45) is 3.79. The molecule has 0 bridgehead atoms. The van der Waals surface area contributed by atoms with E-state index >= 15 is 0 Å². The first-order chi connectivity index (χ1) is 12.8. The summed E-state index contributed by atoms with van der Waals surface area (Å²) in [5.74, 6) is 0.00287. The van der Waals surface area contributed by atoms with Crippen molar-refractivity contribution >= 4 is 21.8 Å². The van der Waals surface area contributed by atoms with Crippen molar-refractivity contribution in [2.75, 3.05) is 6.54 Å². The minimum absolute atomic E-state index is 0.191. The van der Waals surface area contributed by atoms with E-state index in [1.165, 1.54) is 6.07 Å². The third kappa shape index (κ3) is 5.07. The summed E-state index contributed by atoms with van der Waals surface area (Å²) in [6.45, 7) is 6.40. The molecule has 1 aromatic rings. The molecule has 1 amide bonds. The van der Waals surface area contributed by atoms with Crippen molar-refractivity contribution in [2.24, 2.45) is 10.7 Å². The van der Waals surface area contributed by atoms with Crippen LogP contribution in [0.15, 0.2) is 34.2 Å². The van der Waals surface area contributed by atoms with E-state index in [4.69, 9.17) is 5.73 Å². The summed E-state index contributed by atoms with van der Waals surface area (Å²) >= 11 is 0. The zero-order chi connectivity index (χ0) is 20.1. The zero-order valence-corrected chi connectivity index (χ0v) is 17.1. The highest BCUT2D eigenvalue weighted by molar-refractivity contribution is 7.90. The van der Waals surface area contributed by atoms with Crippen LogP contribution in [0, 0.1) is 0 Å². The minimum atomic E-state index is -3.62. The van der Waals surface area contributed by atoms with E-state index in [2.05, 4.69) is 15.0 Å². The van der Waals surface area contributed by atoms with Crippen LogP contribution in [0.25, 0.3) is 0 Å². The van der Waals surface area contributed by atoms with Crippen LogP contribution in [-0.2, 0) is 14.8 Å². The Hall–Kier alpha value is -1.93. The van der Waals surface area contributed by atoms with Gasteiger partial charge in [-0.25, -0.2) is 8.42 Å². The van der Waals surface area contributed by atoms with Gasteiger partial charge in [-0.3, -0.25) is 14.5 Å². The van der Waals surface area contributed by atoms with Gasteiger partial charge in [0.05, 0.1) is 4.90 Å². The summed E-state index contributed by atoms with van der Waals surface area (Å²) in [5.41, 5.74) is 6.32. The monoisotopic (exact) mass is 394 g/mol. The second-order valence-corrected chi connectivity index (χ2v) is 8.68. The Balaban J connectivity index is 2.24. The van der Waals surface area contributed by atoms with Gasteiger partial charge in [0.25, 0.3) is 10.0 Å². The Morgan fingerprint density at radius 2 is 1.93 bits per heavy atom. The number of nitrogens with two attached hydrogens (primary N) is 1. The number of nitrogens with one attached hydrogen (secondary N) is 2. The van der Waals surface area contributed by atoms with Crippen LogP contribution in [0.1, 0.15) is 58.4 Å². The molecule has 0 saturated carbocycles. The molecule has 0 aromatic heterocycles. The normalized spacial score (nSPS) is 18.0. The number of benzene rings is 1. The van der Waals surface area contributed by atoms with Crippen LogP contribution in [0.3, 0.4) is 0 Å². The van der Waals surface area contributed by atoms with E-state index in [9.17, 15) is 13.2 Å². The molecule has 7 nitrogen and oxygen atoms in total. The lowest BCUT2D eigenvalue weighted by Gasteiger charge is -2.27. The molecule has 8 heteroatoms. The van der Waals surface area contributed by atoms with E-state index in [-0.39, 0.29) is 16.6 Å². The van der Waals surface area contributed by atoms with Gasteiger partial charge < -0.3 is 11.1 Å². The van der Waals surface area contributed by atoms with Crippen molar-refractivity contribution in [1.82, 2.24) is 10.0 Å². The first-order valence-corrected chi connectivity index (χ1v) is 11.0. The van der Waals surface area contributed by atoms with Crippen LogP contribution < -0.4 is 15.8 Å². The van der Waals surface area contributed by atoms with Gasteiger partial charge in [-0.2, -0.15) is 0 Å². The quantitative estimate of drug-likeness (QED) is 0.594. The molecule has 150 valence electrons. The van der Waals surface area contributed by atoms with E-state index in [0.717, 1.165) is 25.7 Å². The van der Waals surface area contributed by atoms with Gasteiger partial charge in [0.15, 0.2) is 0 Å². The summed E-state index contributed by atoms with van der Waals surface area (Å²) < 4.78 is 27.0. The lowest BCUT2D eigenvalue weighted by molar-refractivity contribution is -0.122. The van der Waals surface area contributed by atoms with Gasteiger partial charge in [0.1, 0.15) is 11.9 Å². The Bertz CT molecular complexity index is 801. The lowest BCUT2D eigenvalue weighted by atomic mass is 9.94. The first-order valence-electron chi connectivity index (χ1n) is 9.53. The van der Waals surface area contributed by atoms with Gasteiger partial charge in [-0.05, 0) is 31.4 Å².